The third-order valence-electron chi connectivity index (χ3n) is 5.63. The van der Waals surface area contributed by atoms with E-state index >= 15 is 0 Å². The maximum Gasteiger partial charge on any atom is 0.193 e. The molecule has 0 bridgehead atoms. The molecule has 0 radical (unpaired) electrons. The van der Waals surface area contributed by atoms with Gasteiger partial charge in [-0.15, -0.1) is 24.0 Å². The van der Waals surface area contributed by atoms with Gasteiger partial charge in [0.15, 0.2) is 17.5 Å². The highest BCUT2D eigenvalue weighted by atomic mass is 127. The zero-order valence-corrected chi connectivity index (χ0v) is 20.3. The van der Waals surface area contributed by atoms with Crippen molar-refractivity contribution in [2.45, 2.75) is 64.2 Å². The van der Waals surface area contributed by atoms with Gasteiger partial charge in [-0.2, -0.15) is 0 Å². The topological polar surface area (TPSA) is 55.3 Å². The Morgan fingerprint density at radius 2 is 1.83 bits per heavy atom. The Hall–Kier alpha value is -1.22. The number of piperidine rings is 1. The lowest BCUT2D eigenvalue weighted by molar-refractivity contribution is 0.0263. The first kappa shape index (κ1) is 24.1. The van der Waals surface area contributed by atoms with Crippen LogP contribution in [0.1, 0.15) is 51.0 Å². The number of likely N-dealkylation sites (tertiary alicyclic amines) is 1. The summed E-state index contributed by atoms with van der Waals surface area (Å²) in [5.41, 5.74) is 1.15. The molecule has 29 heavy (non-hydrogen) atoms. The molecule has 1 saturated carbocycles. The summed E-state index contributed by atoms with van der Waals surface area (Å²) in [4.78, 5) is 6.77. The van der Waals surface area contributed by atoms with Crippen molar-refractivity contribution in [2.75, 3.05) is 33.9 Å². The van der Waals surface area contributed by atoms with Gasteiger partial charge in [0.2, 0.25) is 0 Å². The minimum absolute atomic E-state index is 0. The van der Waals surface area contributed by atoms with E-state index in [9.17, 15) is 0 Å². The Morgan fingerprint density at radius 3 is 2.45 bits per heavy atom. The number of ether oxygens (including phenoxy) is 3. The maximum absolute atomic E-state index is 6.13. The van der Waals surface area contributed by atoms with E-state index in [0.29, 0.717) is 18.8 Å². The molecule has 1 aliphatic carbocycles. The fraction of sp³-hybridized carbons (Fsp3) is 0.682. The van der Waals surface area contributed by atoms with E-state index in [2.05, 4.69) is 34.3 Å². The van der Waals surface area contributed by atoms with Gasteiger partial charge in [0, 0.05) is 33.3 Å². The van der Waals surface area contributed by atoms with Crippen LogP contribution in [0.4, 0.5) is 0 Å². The molecule has 1 N–H and O–H groups in total. The minimum Gasteiger partial charge on any atom is -0.493 e. The lowest BCUT2D eigenvalue weighted by Gasteiger charge is -2.34. The molecule has 1 aromatic carbocycles. The van der Waals surface area contributed by atoms with E-state index in [1.807, 2.05) is 13.1 Å². The SMILES string of the molecule is CCOC1CCN(C(=NC)NCc2ccc(OC3CCCC3)c(OC)c2)CC1.I. The fourth-order valence-corrected chi connectivity index (χ4v) is 4.09. The highest BCUT2D eigenvalue weighted by Crippen LogP contribution is 2.32. The van der Waals surface area contributed by atoms with Gasteiger partial charge in [0.1, 0.15) is 0 Å². The number of nitrogens with zero attached hydrogens (tertiary/aromatic N) is 2. The Bertz CT molecular complexity index is 642. The van der Waals surface area contributed by atoms with Crippen molar-refractivity contribution in [2.24, 2.45) is 4.99 Å². The van der Waals surface area contributed by atoms with Crippen LogP contribution in [0.15, 0.2) is 23.2 Å². The van der Waals surface area contributed by atoms with Crippen molar-refractivity contribution in [3.8, 4) is 11.5 Å². The van der Waals surface area contributed by atoms with Crippen LogP contribution in [0.25, 0.3) is 0 Å². The molecule has 2 aliphatic rings. The van der Waals surface area contributed by atoms with Crippen molar-refractivity contribution >= 4 is 29.9 Å². The van der Waals surface area contributed by atoms with E-state index < -0.39 is 0 Å². The van der Waals surface area contributed by atoms with Gasteiger partial charge in [-0.05, 0) is 63.1 Å². The Balaban J connectivity index is 0.00000300. The normalized spacial score (nSPS) is 18.4. The summed E-state index contributed by atoms with van der Waals surface area (Å²) in [6.07, 6.45) is 7.62. The third kappa shape index (κ3) is 6.91. The number of hydrogen-bond acceptors (Lipinski definition) is 4. The second kappa shape index (κ2) is 12.5. The van der Waals surface area contributed by atoms with E-state index in [4.69, 9.17) is 14.2 Å². The maximum atomic E-state index is 6.13. The molecule has 1 aromatic rings. The zero-order chi connectivity index (χ0) is 19.8. The standard InChI is InChI=1S/C22H35N3O3.HI/c1-4-27-18-11-13-25(14-12-18)22(23-2)24-16-17-9-10-20(21(15-17)26-3)28-19-7-5-6-8-19;/h9-10,15,18-19H,4-8,11-14,16H2,1-3H3,(H,23,24);1H. The van der Waals surface area contributed by atoms with Gasteiger partial charge in [-0.3, -0.25) is 4.99 Å². The summed E-state index contributed by atoms with van der Waals surface area (Å²) in [6.45, 7) is 5.51. The highest BCUT2D eigenvalue weighted by Gasteiger charge is 2.22. The molecule has 0 spiro atoms. The largest absolute Gasteiger partial charge is 0.493 e. The van der Waals surface area contributed by atoms with Crippen molar-refractivity contribution in [3.63, 3.8) is 0 Å². The van der Waals surface area contributed by atoms with Gasteiger partial charge in [0.05, 0.1) is 19.3 Å². The highest BCUT2D eigenvalue weighted by molar-refractivity contribution is 14.0. The Morgan fingerprint density at radius 1 is 1.10 bits per heavy atom. The molecule has 2 fully saturated rings. The van der Waals surface area contributed by atoms with Crippen LogP contribution in [-0.4, -0.2) is 56.9 Å². The summed E-state index contributed by atoms with van der Waals surface area (Å²) < 4.78 is 17.5. The first-order chi connectivity index (χ1) is 13.7. The fourth-order valence-electron chi connectivity index (χ4n) is 4.09. The predicted octanol–water partition coefficient (Wildman–Crippen LogP) is 4.21. The smallest absolute Gasteiger partial charge is 0.193 e. The van der Waals surface area contributed by atoms with Crippen molar-refractivity contribution in [1.82, 2.24) is 10.2 Å². The lowest BCUT2D eigenvalue weighted by atomic mass is 10.1. The van der Waals surface area contributed by atoms with Crippen LogP contribution in [-0.2, 0) is 11.3 Å². The zero-order valence-electron chi connectivity index (χ0n) is 18.0. The first-order valence-electron chi connectivity index (χ1n) is 10.6. The molecule has 7 heteroatoms. The van der Waals surface area contributed by atoms with E-state index in [1.54, 1.807) is 7.11 Å². The Kier molecular flexibility index (Phi) is 10.3. The molecule has 0 amide bonds. The molecule has 1 aliphatic heterocycles. The molecule has 1 heterocycles. The summed E-state index contributed by atoms with van der Waals surface area (Å²) >= 11 is 0. The number of methoxy groups -OCH3 is 1. The van der Waals surface area contributed by atoms with E-state index in [1.165, 1.54) is 12.8 Å². The van der Waals surface area contributed by atoms with Crippen molar-refractivity contribution in [3.05, 3.63) is 23.8 Å². The van der Waals surface area contributed by atoms with Gasteiger partial charge in [0.25, 0.3) is 0 Å². The molecule has 6 nitrogen and oxygen atoms in total. The second-order valence-electron chi connectivity index (χ2n) is 7.55. The summed E-state index contributed by atoms with van der Waals surface area (Å²) in [5.74, 6) is 2.60. The number of benzene rings is 1. The molecular weight excluding hydrogens is 481 g/mol. The number of rotatable bonds is 7. The average molecular weight is 517 g/mol. The summed E-state index contributed by atoms with van der Waals surface area (Å²) in [6, 6.07) is 6.20. The van der Waals surface area contributed by atoms with Crippen LogP contribution >= 0.6 is 24.0 Å². The van der Waals surface area contributed by atoms with Gasteiger partial charge in [-0.25, -0.2) is 0 Å². The van der Waals surface area contributed by atoms with Crippen molar-refractivity contribution < 1.29 is 14.2 Å². The van der Waals surface area contributed by atoms with Gasteiger partial charge < -0.3 is 24.4 Å². The first-order valence-corrected chi connectivity index (χ1v) is 10.6. The molecule has 0 atom stereocenters. The monoisotopic (exact) mass is 517 g/mol. The molecule has 164 valence electrons. The number of nitrogens with one attached hydrogen (secondary N) is 1. The lowest BCUT2D eigenvalue weighted by Crippen LogP contribution is -2.46. The van der Waals surface area contributed by atoms with Gasteiger partial charge >= 0.3 is 0 Å². The van der Waals surface area contributed by atoms with Crippen LogP contribution < -0.4 is 14.8 Å². The summed E-state index contributed by atoms with van der Waals surface area (Å²) in [5, 5.41) is 3.48. The number of aliphatic imine (C=N–C) groups is 1. The van der Waals surface area contributed by atoms with Crippen LogP contribution in [0.3, 0.4) is 0 Å². The molecular formula is C22H36IN3O3. The molecule has 0 unspecified atom stereocenters. The quantitative estimate of drug-likeness (QED) is 0.334. The van der Waals surface area contributed by atoms with Crippen LogP contribution in [0.2, 0.25) is 0 Å². The van der Waals surface area contributed by atoms with Crippen molar-refractivity contribution in [1.29, 1.82) is 0 Å². The molecule has 3 rings (SSSR count). The number of halogens is 1. The number of hydrogen-bond donors (Lipinski definition) is 1. The van der Waals surface area contributed by atoms with Crippen LogP contribution in [0, 0.1) is 0 Å². The summed E-state index contributed by atoms with van der Waals surface area (Å²) in [7, 11) is 3.55. The Labute approximate surface area is 192 Å². The van der Waals surface area contributed by atoms with Crippen LogP contribution in [0.5, 0.6) is 11.5 Å². The second-order valence-corrected chi connectivity index (χ2v) is 7.55. The predicted molar refractivity (Wildman–Crippen MR) is 128 cm³/mol. The van der Waals surface area contributed by atoms with E-state index in [-0.39, 0.29) is 24.0 Å². The molecule has 0 aromatic heterocycles. The minimum atomic E-state index is 0. The van der Waals surface area contributed by atoms with Gasteiger partial charge in [-0.1, -0.05) is 6.07 Å². The number of guanidine groups is 1. The van der Waals surface area contributed by atoms with E-state index in [0.717, 1.165) is 68.4 Å². The average Bonchev–Trinajstić information content (AvgIpc) is 3.24. The third-order valence-corrected chi connectivity index (χ3v) is 5.63. The molecule has 1 saturated heterocycles.